The number of hydrogen-bond donors (Lipinski definition) is 3. The number of benzene rings is 2. The fourth-order valence-electron chi connectivity index (χ4n) is 2.99. The summed E-state index contributed by atoms with van der Waals surface area (Å²) < 4.78 is 24.0. The van der Waals surface area contributed by atoms with Crippen LogP contribution < -0.4 is 15.9 Å². The summed E-state index contributed by atoms with van der Waals surface area (Å²) in [6.07, 6.45) is 1.34. The van der Waals surface area contributed by atoms with Crippen LogP contribution in [0.5, 0.6) is 0 Å². The molecule has 1 heterocycles. The van der Waals surface area contributed by atoms with Crippen molar-refractivity contribution in [3.05, 3.63) is 70.0 Å². The van der Waals surface area contributed by atoms with E-state index in [1.807, 2.05) is 20.8 Å². The molecule has 0 aliphatic carbocycles. The number of aromatic amines is 1. The van der Waals surface area contributed by atoms with Crippen LogP contribution in [0.1, 0.15) is 36.7 Å². The number of carbonyl (C=O) groups is 1. The Balaban J connectivity index is 2.02. The number of pyridine rings is 1. The minimum absolute atomic E-state index is 0.0646. The molecule has 0 saturated carbocycles. The second-order valence-corrected chi connectivity index (χ2v) is 9.07. The van der Waals surface area contributed by atoms with Gasteiger partial charge in [-0.25, -0.2) is 13.6 Å². The molecule has 3 rings (SSSR count). The van der Waals surface area contributed by atoms with Gasteiger partial charge in [0.1, 0.15) is 5.56 Å². The Morgan fingerprint density at radius 2 is 1.79 bits per heavy atom. The zero-order chi connectivity index (χ0) is 20.7. The number of carbonyl (C=O) groups excluding carboxylic acids is 1. The molecule has 4 N–H and O–H groups in total. The molecule has 0 atom stereocenters. The van der Waals surface area contributed by atoms with Crippen LogP contribution in [0, 0.1) is 0 Å². The summed E-state index contributed by atoms with van der Waals surface area (Å²) in [4.78, 5) is 28.0. The highest BCUT2D eigenvalue weighted by Gasteiger charge is 2.24. The first kappa shape index (κ1) is 19.8. The van der Waals surface area contributed by atoms with Crippen LogP contribution in [0.15, 0.2) is 58.4 Å². The van der Waals surface area contributed by atoms with Crippen molar-refractivity contribution in [1.29, 1.82) is 0 Å². The Morgan fingerprint density at radius 1 is 1.11 bits per heavy atom. The first-order valence-electron chi connectivity index (χ1n) is 8.57. The van der Waals surface area contributed by atoms with Gasteiger partial charge in [-0.05, 0) is 35.2 Å². The molecule has 0 bridgehead atoms. The molecule has 3 aromatic rings. The second-order valence-electron chi connectivity index (χ2n) is 7.54. The maximum Gasteiger partial charge on any atom is 0.261 e. The van der Waals surface area contributed by atoms with Crippen LogP contribution in [0.3, 0.4) is 0 Å². The van der Waals surface area contributed by atoms with E-state index in [9.17, 15) is 18.0 Å². The summed E-state index contributed by atoms with van der Waals surface area (Å²) >= 11 is 0. The van der Waals surface area contributed by atoms with Gasteiger partial charge in [-0.15, -0.1) is 0 Å². The van der Waals surface area contributed by atoms with Gasteiger partial charge in [-0.2, -0.15) is 0 Å². The number of fused-ring (bicyclic) bond motifs is 1. The molecule has 0 aliphatic heterocycles. The fourth-order valence-corrected chi connectivity index (χ4v) is 3.96. The maximum absolute atomic E-state index is 12.6. The van der Waals surface area contributed by atoms with Crippen molar-refractivity contribution in [2.75, 3.05) is 5.32 Å². The monoisotopic (exact) mass is 399 g/mol. The lowest BCUT2D eigenvalue weighted by Crippen LogP contribution is -2.24. The Morgan fingerprint density at radius 3 is 2.43 bits per heavy atom. The zero-order valence-corrected chi connectivity index (χ0v) is 16.6. The van der Waals surface area contributed by atoms with E-state index >= 15 is 0 Å². The number of amides is 1. The van der Waals surface area contributed by atoms with Crippen LogP contribution in [0.2, 0.25) is 0 Å². The third-order valence-electron chi connectivity index (χ3n) is 4.39. The summed E-state index contributed by atoms with van der Waals surface area (Å²) in [5, 5.41) is 8.32. The van der Waals surface area contributed by atoms with Crippen LogP contribution in [0.25, 0.3) is 10.9 Å². The van der Waals surface area contributed by atoms with Gasteiger partial charge in [0, 0.05) is 22.8 Å². The first-order valence-corrected chi connectivity index (χ1v) is 10.1. The van der Waals surface area contributed by atoms with Gasteiger partial charge in [-0.1, -0.05) is 39.0 Å². The van der Waals surface area contributed by atoms with Gasteiger partial charge in [0.15, 0.2) is 0 Å². The number of anilines is 1. The van der Waals surface area contributed by atoms with Gasteiger partial charge in [0.05, 0.1) is 4.90 Å². The second kappa shape index (κ2) is 6.88. The van der Waals surface area contributed by atoms with Crippen LogP contribution in [-0.2, 0) is 15.4 Å². The maximum atomic E-state index is 12.6. The van der Waals surface area contributed by atoms with E-state index in [4.69, 9.17) is 5.14 Å². The number of primary sulfonamides is 1. The lowest BCUT2D eigenvalue weighted by molar-refractivity contribution is 0.102. The number of nitrogens with two attached hydrogens (primary N) is 1. The van der Waals surface area contributed by atoms with Crippen molar-refractivity contribution in [1.82, 2.24) is 4.98 Å². The highest BCUT2D eigenvalue weighted by atomic mass is 32.2. The predicted octanol–water partition coefficient (Wildman–Crippen LogP) is 2.73. The topological polar surface area (TPSA) is 122 Å². The van der Waals surface area contributed by atoms with Crippen molar-refractivity contribution >= 4 is 32.5 Å². The van der Waals surface area contributed by atoms with E-state index in [0.29, 0.717) is 16.5 Å². The Bertz CT molecular complexity index is 1240. The van der Waals surface area contributed by atoms with Crippen molar-refractivity contribution in [2.45, 2.75) is 31.1 Å². The minimum atomic E-state index is -4.00. The molecular weight excluding hydrogens is 378 g/mol. The third-order valence-corrected chi connectivity index (χ3v) is 5.34. The highest BCUT2D eigenvalue weighted by molar-refractivity contribution is 7.89. The zero-order valence-electron chi connectivity index (χ0n) is 15.7. The molecule has 2 aromatic carbocycles. The molecule has 0 spiro atoms. The Kier molecular flexibility index (Phi) is 4.86. The molecule has 0 fully saturated rings. The van der Waals surface area contributed by atoms with Crippen LogP contribution >= 0.6 is 0 Å². The fraction of sp³-hybridized carbons (Fsp3) is 0.200. The molecule has 8 heteroatoms. The normalized spacial score (nSPS) is 12.1. The summed E-state index contributed by atoms with van der Waals surface area (Å²) in [6, 6.07) is 11.4. The van der Waals surface area contributed by atoms with E-state index in [-0.39, 0.29) is 16.1 Å². The number of para-hydroxylation sites is 1. The predicted molar refractivity (Wildman–Crippen MR) is 109 cm³/mol. The minimum Gasteiger partial charge on any atom is -0.360 e. The van der Waals surface area contributed by atoms with E-state index in [2.05, 4.69) is 10.3 Å². The molecule has 0 radical (unpaired) electrons. The smallest absolute Gasteiger partial charge is 0.261 e. The molecule has 0 aliphatic rings. The third kappa shape index (κ3) is 3.83. The number of sulfonamides is 1. The van der Waals surface area contributed by atoms with Gasteiger partial charge in [0.25, 0.3) is 5.91 Å². The average molecular weight is 399 g/mol. The number of H-pyrrole nitrogens is 1. The quantitative estimate of drug-likeness (QED) is 0.627. The van der Waals surface area contributed by atoms with Gasteiger partial charge < -0.3 is 10.3 Å². The van der Waals surface area contributed by atoms with Crippen molar-refractivity contribution in [3.63, 3.8) is 0 Å². The molecule has 28 heavy (non-hydrogen) atoms. The summed E-state index contributed by atoms with van der Waals surface area (Å²) in [7, 11) is -4.00. The molecule has 0 unspecified atom stereocenters. The number of rotatable bonds is 3. The highest BCUT2D eigenvalue weighted by Crippen LogP contribution is 2.30. The largest absolute Gasteiger partial charge is 0.360 e. The van der Waals surface area contributed by atoms with E-state index in [1.165, 1.54) is 12.3 Å². The van der Waals surface area contributed by atoms with Crippen molar-refractivity contribution in [3.8, 4) is 0 Å². The molecule has 1 amide bonds. The van der Waals surface area contributed by atoms with Gasteiger partial charge in [0.2, 0.25) is 15.5 Å². The lowest BCUT2D eigenvalue weighted by Gasteiger charge is -2.22. The Hall–Kier alpha value is -2.97. The summed E-state index contributed by atoms with van der Waals surface area (Å²) in [5.41, 5.74) is 0.446. The lowest BCUT2D eigenvalue weighted by atomic mass is 9.87. The standard InChI is InChI=1S/C20H21N3O4S/c1-20(2,3)15-9-8-12(10-17(15)28(21,26)27)23-19(25)14-11-22-16-7-5-4-6-13(16)18(14)24/h4-11H,1-3H3,(H,22,24)(H,23,25)(H2,21,26,27). The van der Waals surface area contributed by atoms with E-state index in [0.717, 1.165) is 0 Å². The number of hydrogen-bond acceptors (Lipinski definition) is 4. The molecular formula is C20H21N3O4S. The number of nitrogens with one attached hydrogen (secondary N) is 2. The molecule has 146 valence electrons. The first-order chi connectivity index (χ1) is 13.0. The number of aromatic nitrogens is 1. The average Bonchev–Trinajstić information content (AvgIpc) is 2.60. The molecule has 0 saturated heterocycles. The van der Waals surface area contributed by atoms with E-state index in [1.54, 1.807) is 36.4 Å². The Labute approximate surface area is 162 Å². The summed E-state index contributed by atoms with van der Waals surface area (Å²) in [6.45, 7) is 5.59. The van der Waals surface area contributed by atoms with Crippen LogP contribution in [0.4, 0.5) is 5.69 Å². The molecule has 1 aromatic heterocycles. The van der Waals surface area contributed by atoms with Crippen molar-refractivity contribution < 1.29 is 13.2 Å². The van der Waals surface area contributed by atoms with Gasteiger partial charge in [-0.3, -0.25) is 9.59 Å². The van der Waals surface area contributed by atoms with Crippen molar-refractivity contribution in [2.24, 2.45) is 5.14 Å². The molecule has 7 nitrogen and oxygen atoms in total. The summed E-state index contributed by atoms with van der Waals surface area (Å²) in [5.74, 6) is -0.643. The van der Waals surface area contributed by atoms with Gasteiger partial charge >= 0.3 is 0 Å². The van der Waals surface area contributed by atoms with E-state index < -0.39 is 26.8 Å². The van der Waals surface area contributed by atoms with Crippen LogP contribution in [-0.4, -0.2) is 19.3 Å². The SMILES string of the molecule is CC(C)(C)c1ccc(NC(=O)c2c[nH]c3ccccc3c2=O)cc1S(N)(=O)=O.